The molecule has 2 aromatic rings. The summed E-state index contributed by atoms with van der Waals surface area (Å²) in [6, 6.07) is 0. The average Bonchev–Trinajstić information content (AvgIpc) is 3.56. The largest absolute Gasteiger partial charge is 0.460 e. The first kappa shape index (κ1) is 39.8. The van der Waals surface area contributed by atoms with Crippen molar-refractivity contribution in [3.05, 3.63) is 77.1 Å². The van der Waals surface area contributed by atoms with E-state index in [-0.39, 0.29) is 39.2 Å². The Bertz CT molecular complexity index is 1870. The molecule has 8 atom stereocenters. The van der Waals surface area contributed by atoms with Gasteiger partial charge in [-0.05, 0) is 0 Å². The lowest BCUT2D eigenvalue weighted by atomic mass is 10.2. The molecule has 2 aromatic heterocycles. The van der Waals surface area contributed by atoms with Crippen molar-refractivity contribution in [2.75, 3.05) is 39.7 Å². The van der Waals surface area contributed by atoms with Crippen LogP contribution in [0.1, 0.15) is 32.2 Å². The highest BCUT2D eigenvalue weighted by molar-refractivity contribution is 7.53. The van der Waals surface area contributed by atoms with Crippen LogP contribution < -0.4 is 22.5 Å². The topological polar surface area (TPSA) is 261 Å². The fourth-order valence-corrected chi connectivity index (χ4v) is 5.78. The number of hydrogen-bond acceptors (Lipinski definition) is 14. The van der Waals surface area contributed by atoms with Gasteiger partial charge in [-0.15, -0.1) is 0 Å². The third-order valence-corrected chi connectivity index (χ3v) is 8.55. The molecule has 8 unspecified atom stereocenters. The summed E-state index contributed by atoms with van der Waals surface area (Å²) < 4.78 is 82.5. The zero-order chi connectivity index (χ0) is 36.7. The van der Waals surface area contributed by atoms with Gasteiger partial charge in [0, 0.05) is 33.1 Å². The van der Waals surface area contributed by atoms with Crippen LogP contribution in [-0.2, 0) is 41.7 Å². The number of esters is 1. The van der Waals surface area contributed by atoms with Crippen molar-refractivity contribution in [3.63, 3.8) is 0 Å². The maximum atomic E-state index is 13.5. The van der Waals surface area contributed by atoms with Crippen LogP contribution in [0.2, 0.25) is 0 Å². The Morgan fingerprint density at radius 1 is 0.959 bits per heavy atom. The summed E-state index contributed by atoms with van der Waals surface area (Å²) >= 11 is 0. The number of rotatable bonds is 12. The molecule has 272 valence electrons. The molecule has 2 aliphatic heterocycles. The molecule has 4 heterocycles. The quantitative estimate of drug-likeness (QED) is 0.0952. The highest BCUT2D eigenvalue weighted by Crippen LogP contribution is 2.45. The van der Waals surface area contributed by atoms with Crippen molar-refractivity contribution >= 4 is 21.2 Å². The van der Waals surface area contributed by atoms with Gasteiger partial charge in [0.25, 0.3) is 11.1 Å². The molecule has 2 aliphatic rings. The summed E-state index contributed by atoms with van der Waals surface area (Å²) in [5.41, 5.74) is -4.10. The Balaban J connectivity index is 0.000000276. The van der Waals surface area contributed by atoms with E-state index in [1.54, 1.807) is 4.98 Å². The van der Waals surface area contributed by atoms with E-state index in [0.717, 1.165) is 15.8 Å². The van der Waals surface area contributed by atoms with E-state index < -0.39 is 92.2 Å². The number of carbonyl (C=O) groups is 1. The zero-order valence-electron chi connectivity index (χ0n) is 26.1. The van der Waals surface area contributed by atoms with Crippen LogP contribution in [0, 0.1) is 18.2 Å². The monoisotopic (exact) mass is 743 g/mol. The van der Waals surface area contributed by atoms with E-state index in [1.807, 2.05) is 4.98 Å². The number of halogens is 2. The van der Waals surface area contributed by atoms with Gasteiger partial charge in [-0.25, -0.2) is 16.2 Å². The van der Waals surface area contributed by atoms with Crippen molar-refractivity contribution < 1.29 is 60.5 Å². The van der Waals surface area contributed by atoms with E-state index in [1.165, 1.54) is 13.6 Å². The number of aliphatic hydroxyl groups excluding tert-OH is 1. The first-order valence-corrected chi connectivity index (χ1v) is 18.1. The van der Waals surface area contributed by atoms with Crippen LogP contribution in [0.3, 0.4) is 0 Å². The third kappa shape index (κ3) is 11.7. The second-order valence-corrected chi connectivity index (χ2v) is 14.5. The molecule has 0 spiro atoms. The van der Waals surface area contributed by atoms with Gasteiger partial charge in [0.05, 0.1) is 31.7 Å². The number of aliphatic hydroxyl groups is 1. The fraction of sp³-hybridized carbons (Fsp3) is 0.600. The van der Waals surface area contributed by atoms with Gasteiger partial charge in [0.2, 0.25) is 18.2 Å². The van der Waals surface area contributed by atoms with E-state index in [9.17, 15) is 47.0 Å². The summed E-state index contributed by atoms with van der Waals surface area (Å²) in [5, 5.41) is 9.77. The van der Waals surface area contributed by atoms with Crippen LogP contribution >= 0.6 is 15.2 Å². The molecule has 0 aromatic carbocycles. The van der Waals surface area contributed by atoms with E-state index in [4.69, 9.17) is 34.7 Å². The summed E-state index contributed by atoms with van der Waals surface area (Å²) in [7, 11) is -7.22. The number of nitrogens with zero attached hydrogens (tertiary/aromatic N) is 3. The molecule has 0 bridgehead atoms. The maximum absolute atomic E-state index is 13.5. The lowest BCUT2D eigenvalue weighted by molar-refractivity contribution is -0.150. The number of ether oxygens (including phenoxy) is 3. The summed E-state index contributed by atoms with van der Waals surface area (Å²) in [5.74, 6) is -2.97. The smallest absolute Gasteiger partial charge is 0.330 e. The number of aromatic amines is 2. The Kier molecular flexibility index (Phi) is 13.7. The molecule has 2 fully saturated rings. The van der Waals surface area contributed by atoms with Gasteiger partial charge in [-0.2, -0.15) is 8.78 Å². The van der Waals surface area contributed by atoms with Crippen molar-refractivity contribution in [2.45, 2.75) is 56.6 Å². The fourth-order valence-electron chi connectivity index (χ4n) is 4.45. The minimum absolute atomic E-state index is 0.0138. The SMILES string of the molecule is CP(=O)(O)OCC1OC(n2cc(F)c(=O)[nH]c2=O)CC1O.[C-]#[N+]CCOP(C)(=O)OCC1OC(n2cc(F)c(=O)[nH]c2=O)CC1OC(C)=O. The first-order valence-electron chi connectivity index (χ1n) is 14.1. The number of nitrogens with one attached hydrogen (secondary N) is 2. The van der Waals surface area contributed by atoms with Crippen LogP contribution in [0.5, 0.6) is 0 Å². The Morgan fingerprint density at radius 2 is 1.47 bits per heavy atom. The maximum Gasteiger partial charge on any atom is 0.330 e. The van der Waals surface area contributed by atoms with Gasteiger partial charge in [-0.1, -0.05) is 0 Å². The van der Waals surface area contributed by atoms with Gasteiger partial charge >= 0.3 is 32.5 Å². The molecule has 0 saturated carbocycles. The molecule has 2 saturated heterocycles. The zero-order valence-corrected chi connectivity index (χ0v) is 27.8. The highest BCUT2D eigenvalue weighted by atomic mass is 31.2. The van der Waals surface area contributed by atoms with E-state index >= 15 is 0 Å². The number of aromatic nitrogens is 4. The van der Waals surface area contributed by atoms with Crippen LogP contribution in [-0.4, -0.2) is 99.2 Å². The van der Waals surface area contributed by atoms with Crippen LogP contribution in [0.25, 0.3) is 4.85 Å². The first-order chi connectivity index (χ1) is 22.8. The Hall–Kier alpha value is -3.64. The lowest BCUT2D eigenvalue weighted by Gasteiger charge is -2.20. The summed E-state index contributed by atoms with van der Waals surface area (Å²) in [4.78, 5) is 72.6. The number of H-pyrrole nitrogens is 2. The van der Waals surface area contributed by atoms with Crippen molar-refractivity contribution in [3.8, 4) is 0 Å². The second-order valence-electron chi connectivity index (χ2n) is 10.6. The minimum atomic E-state index is -3.73. The standard InChI is InChI=1S/C15H19FN3O8P.C10H14FN2O7P/c1-9(20)26-11-6-13(19-7-10(16)14(21)18-15(19)22)27-12(11)8-25-28(3,23)24-5-4-17-2;1-21(17,18)19-4-7-6(14)2-8(20-7)13-3-5(11)9(15)12-10(13)16/h7,11-13H,4-6,8H2,1,3H3,(H,18,21,22);3,6-8,14H,2,4H2,1H3,(H,17,18)(H,12,15,16). The number of hydrogen-bond donors (Lipinski definition) is 4. The lowest BCUT2D eigenvalue weighted by Crippen LogP contribution is -2.34. The molecular formula is C25H33F2N5O15P2. The molecule has 4 rings (SSSR count). The molecule has 24 heteroatoms. The highest BCUT2D eigenvalue weighted by Gasteiger charge is 2.40. The predicted molar refractivity (Wildman–Crippen MR) is 160 cm³/mol. The number of carbonyl (C=O) groups excluding carboxylic acids is 1. The second kappa shape index (κ2) is 16.8. The summed E-state index contributed by atoms with van der Waals surface area (Å²) in [6.07, 6.45) is -4.57. The predicted octanol–water partition coefficient (Wildman–Crippen LogP) is -0.174. The average molecular weight is 744 g/mol. The van der Waals surface area contributed by atoms with Crippen LogP contribution in [0.15, 0.2) is 31.6 Å². The molecule has 0 aliphatic carbocycles. The normalized spacial score (nSPS) is 25.8. The van der Waals surface area contributed by atoms with Gasteiger partial charge in [0.15, 0.2) is 0 Å². The van der Waals surface area contributed by atoms with Crippen molar-refractivity contribution in [1.82, 2.24) is 19.1 Å². The van der Waals surface area contributed by atoms with Crippen LogP contribution in [0.4, 0.5) is 8.78 Å². The Labute approximate surface area is 274 Å². The summed E-state index contributed by atoms with van der Waals surface area (Å²) in [6.45, 7) is 9.30. The Morgan fingerprint density at radius 3 is 1.98 bits per heavy atom. The third-order valence-electron chi connectivity index (χ3n) is 6.65. The molecular weight excluding hydrogens is 710 g/mol. The van der Waals surface area contributed by atoms with Crippen molar-refractivity contribution in [1.29, 1.82) is 0 Å². The van der Waals surface area contributed by atoms with Gasteiger partial charge < -0.3 is 42.6 Å². The van der Waals surface area contributed by atoms with Crippen molar-refractivity contribution in [2.24, 2.45) is 0 Å². The van der Waals surface area contributed by atoms with Gasteiger partial charge in [-0.3, -0.25) is 42.6 Å². The van der Waals surface area contributed by atoms with E-state index in [2.05, 4.69) is 9.37 Å². The molecule has 0 amide bonds. The molecule has 49 heavy (non-hydrogen) atoms. The van der Waals surface area contributed by atoms with Gasteiger partial charge in [0.1, 0.15) is 37.4 Å². The molecule has 0 radical (unpaired) electrons. The molecule has 4 N–H and O–H groups in total. The molecule has 20 nitrogen and oxygen atoms in total. The van der Waals surface area contributed by atoms with E-state index in [0.29, 0.717) is 12.4 Å². The minimum Gasteiger partial charge on any atom is -0.460 e.